The van der Waals surface area contributed by atoms with E-state index in [-0.39, 0.29) is 84.0 Å². The van der Waals surface area contributed by atoms with Gasteiger partial charge in [0.25, 0.3) is 0 Å². The van der Waals surface area contributed by atoms with E-state index in [1.54, 1.807) is 0 Å². The summed E-state index contributed by atoms with van der Waals surface area (Å²) in [5.74, 6) is 0. The molecule has 0 amide bonds. The van der Waals surface area contributed by atoms with Gasteiger partial charge in [-0.2, -0.15) is 0 Å². The second kappa shape index (κ2) is 2030. The summed E-state index contributed by atoms with van der Waals surface area (Å²) < 4.78 is 0. The van der Waals surface area contributed by atoms with E-state index >= 15 is 0 Å². The fourth-order valence-corrected chi connectivity index (χ4v) is 0. The van der Waals surface area contributed by atoms with Crippen LogP contribution in [0.5, 0.6) is 0 Å². The van der Waals surface area contributed by atoms with Gasteiger partial charge in [-0.1, -0.05) is 0 Å². The van der Waals surface area contributed by atoms with Gasteiger partial charge in [0.2, 0.25) is 0 Å². The molecule has 0 saturated heterocycles. The van der Waals surface area contributed by atoms with Crippen molar-refractivity contribution in [3.63, 3.8) is 0 Å². The maximum absolute atomic E-state index is 0. The van der Waals surface area contributed by atoms with Gasteiger partial charge in [-0.3, -0.25) is 0 Å². The van der Waals surface area contributed by atoms with Crippen LogP contribution < -0.4 is 0 Å². The van der Waals surface area contributed by atoms with Crippen molar-refractivity contribution >= 4 is 0 Å². The molecule has 0 heterocycles. The predicted molar refractivity (Wildman–Crippen MR) is 23.7 cm³/mol. The van der Waals surface area contributed by atoms with Crippen LogP contribution in [0.3, 0.4) is 0 Å². The average molecular weight is 260 g/mol. The van der Waals surface area contributed by atoms with Crippen molar-refractivity contribution in [3.05, 3.63) is 0 Å². The Kier molecular flexibility index (Phi) is 498000. The predicted octanol–water partition coefficient (Wildman–Crippen LogP) is -5.31. The maximum atomic E-state index is 0. The Morgan fingerprint density at radius 3 is 0.273 bits per heavy atom. The van der Waals surface area contributed by atoms with E-state index in [2.05, 4.69) is 0 Å². The molecule has 0 aromatic rings. The van der Waals surface area contributed by atoms with E-state index in [9.17, 15) is 0 Å². The van der Waals surface area contributed by atoms with Gasteiger partial charge in [0.05, 0.1) is 0 Å². The molecule has 0 atom stereocenters. The zero-order valence-corrected chi connectivity index (χ0v) is 7.59. The van der Waals surface area contributed by atoms with Crippen molar-refractivity contribution in [3.8, 4) is 0 Å². The first-order valence-electron chi connectivity index (χ1n) is 0. The maximum Gasteiger partial charge on any atom is 3.00 e. The minimum absolute atomic E-state index is 0. The van der Waals surface area contributed by atoms with E-state index < -0.39 is 0 Å². The van der Waals surface area contributed by atoms with Crippen LogP contribution in [0.2, 0.25) is 0 Å². The zero-order valence-electron chi connectivity index (χ0n) is 5.04. The number of rotatable bonds is 0. The first-order valence-corrected chi connectivity index (χ1v) is 0. The zero-order chi connectivity index (χ0) is 0. The van der Waals surface area contributed by atoms with E-state index in [1.165, 1.54) is 0 Å². The van der Waals surface area contributed by atoms with Crippen LogP contribution in [-0.2, 0) is 51.2 Å². The van der Waals surface area contributed by atoms with Crippen LogP contribution in [0, 0.1) is 0 Å². The molecule has 0 rings (SSSR count). The molecule has 0 spiro atoms. The molecule has 2 radical (unpaired) electrons. The molecule has 0 saturated carbocycles. The van der Waals surface area contributed by atoms with Gasteiger partial charge in [0, 0.05) is 0 Å². The van der Waals surface area contributed by atoms with Crippen molar-refractivity contribution in [2.24, 2.45) is 0 Å². The third-order valence-electron chi connectivity index (χ3n) is 0. The second-order valence-electron chi connectivity index (χ2n) is 0. The largest absolute Gasteiger partial charge is 3.00 e. The first kappa shape index (κ1) is 2700. The Morgan fingerprint density at radius 2 is 0.273 bits per heavy atom. The third kappa shape index (κ3) is 1630. The van der Waals surface area contributed by atoms with Gasteiger partial charge in [-0.25, -0.2) is 0 Å². The quantitative estimate of drug-likeness (QED) is 0.394. The Balaban J connectivity index is 0. The summed E-state index contributed by atoms with van der Waals surface area (Å²) in [7, 11) is 0. The van der Waals surface area contributed by atoms with Crippen LogP contribution in [0.15, 0.2) is 0 Å². The summed E-state index contributed by atoms with van der Waals surface area (Å²) in [5.41, 5.74) is 0. The molecule has 0 unspecified atom stereocenters. The standard InChI is InChI=1S/2Cr.6H2O.3O/h;;6*1H2;;;/q2*+3;;;;;;;3*-2. The van der Waals surface area contributed by atoms with Gasteiger partial charge >= 0.3 is 34.7 Å². The Bertz CT molecular complexity index is 7.52. The summed E-state index contributed by atoms with van der Waals surface area (Å²) >= 11 is 0. The monoisotopic (exact) mass is 260 g/mol. The topological polar surface area (TPSA) is 274 Å². The molecule has 0 aliphatic carbocycles. The molecule has 0 bridgehead atoms. The minimum Gasteiger partial charge on any atom is -2.00 e. The summed E-state index contributed by atoms with van der Waals surface area (Å²) in [4.78, 5) is 0. The van der Waals surface area contributed by atoms with E-state index in [0.29, 0.717) is 0 Å². The smallest absolute Gasteiger partial charge is 2.00 e. The van der Waals surface area contributed by atoms with Gasteiger partial charge in [0.1, 0.15) is 0 Å². The fourth-order valence-electron chi connectivity index (χ4n) is 0. The van der Waals surface area contributed by atoms with Crippen molar-refractivity contribution in [2.75, 3.05) is 0 Å². The van der Waals surface area contributed by atoms with Crippen molar-refractivity contribution in [1.29, 1.82) is 0 Å². The second-order valence-corrected chi connectivity index (χ2v) is 0. The van der Waals surface area contributed by atoms with Crippen LogP contribution in [0.1, 0.15) is 0 Å². The normalized spacial score (nSPS) is 0. The summed E-state index contributed by atoms with van der Waals surface area (Å²) in [6.07, 6.45) is 0. The van der Waals surface area contributed by atoms with E-state index in [4.69, 9.17) is 0 Å². The van der Waals surface area contributed by atoms with Crippen LogP contribution in [0.4, 0.5) is 0 Å². The van der Waals surface area contributed by atoms with Crippen molar-refractivity contribution in [1.82, 2.24) is 0 Å². The molecular formula is H12Cr2O9. The van der Waals surface area contributed by atoms with Gasteiger partial charge in [0.15, 0.2) is 0 Å². The Hall–Kier alpha value is 0.705. The van der Waals surface area contributed by atoms with Crippen LogP contribution in [0.25, 0.3) is 0 Å². The molecule has 12 N–H and O–H groups in total. The number of hydrogen-bond acceptors (Lipinski definition) is 0. The molecule has 78 valence electrons. The Labute approximate surface area is 84.4 Å². The summed E-state index contributed by atoms with van der Waals surface area (Å²) in [6, 6.07) is 0. The Morgan fingerprint density at radius 1 is 0.273 bits per heavy atom. The molecule has 0 fully saturated rings. The molecular weight excluding hydrogens is 248 g/mol. The van der Waals surface area contributed by atoms with Gasteiger partial charge in [-0.05, 0) is 0 Å². The molecule has 11 heteroatoms. The van der Waals surface area contributed by atoms with Gasteiger partial charge in [-0.15, -0.1) is 0 Å². The molecule has 0 aromatic heterocycles. The third-order valence-corrected chi connectivity index (χ3v) is 0. The average Bonchev–Trinajstić information content (AvgIpc) is 0. The minimum atomic E-state index is 0. The van der Waals surface area contributed by atoms with Crippen molar-refractivity contribution in [2.45, 2.75) is 0 Å². The molecule has 11 heavy (non-hydrogen) atoms. The first-order chi connectivity index (χ1) is 0. The number of hydrogen-bond donors (Lipinski definition) is 0. The molecule has 0 aromatic carbocycles. The molecule has 0 aliphatic heterocycles. The summed E-state index contributed by atoms with van der Waals surface area (Å²) in [5, 5.41) is 0. The van der Waals surface area contributed by atoms with Crippen LogP contribution >= 0.6 is 0 Å². The van der Waals surface area contributed by atoms with E-state index in [1.807, 2.05) is 0 Å². The SMILES string of the molecule is O.O.O.O.O.O.[Cr+3].[Cr+3].[O-2].[O-2].[O-2]. The fraction of sp³-hybridized carbons (Fsp3) is 0. The molecule has 9 nitrogen and oxygen atoms in total. The van der Waals surface area contributed by atoms with Crippen molar-refractivity contribution < 1.29 is 84.0 Å². The van der Waals surface area contributed by atoms with Gasteiger partial charge < -0.3 is 49.3 Å². The van der Waals surface area contributed by atoms with E-state index in [0.717, 1.165) is 0 Å². The molecule has 0 aliphatic rings. The summed E-state index contributed by atoms with van der Waals surface area (Å²) in [6.45, 7) is 0. The van der Waals surface area contributed by atoms with Crippen LogP contribution in [-0.4, -0.2) is 32.9 Å².